The van der Waals surface area contributed by atoms with Crippen LogP contribution in [0.5, 0.6) is 0 Å². The van der Waals surface area contributed by atoms with Gasteiger partial charge in [-0.2, -0.15) is 0 Å². The highest BCUT2D eigenvalue weighted by atomic mass is 35.5. The van der Waals surface area contributed by atoms with Gasteiger partial charge in [-0.05, 0) is 12.8 Å². The first-order valence-corrected chi connectivity index (χ1v) is 4.32. The first-order valence-electron chi connectivity index (χ1n) is 3.94. The third-order valence-electron chi connectivity index (χ3n) is 1.94. The lowest BCUT2D eigenvalue weighted by atomic mass is 10.3. The third-order valence-corrected chi connectivity index (χ3v) is 2.22. The van der Waals surface area contributed by atoms with Crippen LogP contribution in [-0.2, 0) is 0 Å². The Morgan fingerprint density at radius 2 is 2.31 bits per heavy atom. The van der Waals surface area contributed by atoms with Gasteiger partial charge in [-0.1, -0.05) is 11.6 Å². The van der Waals surface area contributed by atoms with Crippen molar-refractivity contribution >= 4 is 17.6 Å². The molecule has 2 rings (SSSR count). The van der Waals surface area contributed by atoms with Crippen molar-refractivity contribution in [2.24, 2.45) is 0 Å². The second kappa shape index (κ2) is 2.96. The van der Waals surface area contributed by atoms with Gasteiger partial charge in [0.2, 0.25) is 0 Å². The van der Waals surface area contributed by atoms with Crippen molar-refractivity contribution in [3.63, 3.8) is 0 Å². The molecule has 0 bridgehead atoms. The van der Waals surface area contributed by atoms with E-state index in [1.807, 2.05) is 0 Å². The summed E-state index contributed by atoms with van der Waals surface area (Å²) in [6, 6.07) is 0. The number of aromatic carboxylic acids is 1. The summed E-state index contributed by atoms with van der Waals surface area (Å²) in [6.45, 7) is 0. The fraction of sp³-hybridized carbons (Fsp3) is 0.375. The van der Waals surface area contributed by atoms with Gasteiger partial charge in [0.1, 0.15) is 0 Å². The monoisotopic (exact) mass is 198 g/mol. The van der Waals surface area contributed by atoms with Crippen LogP contribution in [0.25, 0.3) is 0 Å². The molecule has 5 heteroatoms. The second-order valence-corrected chi connectivity index (χ2v) is 3.37. The fourth-order valence-electron chi connectivity index (χ4n) is 1.10. The number of aromatic nitrogens is 2. The second-order valence-electron chi connectivity index (χ2n) is 3.01. The number of nitrogens with zero attached hydrogens (tertiary/aromatic N) is 2. The SMILES string of the molecule is O=C(O)c1nc(C2CC2)cnc1Cl. The Morgan fingerprint density at radius 1 is 1.62 bits per heavy atom. The summed E-state index contributed by atoms with van der Waals surface area (Å²) in [5, 5.41) is 8.66. The van der Waals surface area contributed by atoms with E-state index in [1.165, 1.54) is 0 Å². The molecule has 1 saturated carbocycles. The van der Waals surface area contributed by atoms with E-state index in [2.05, 4.69) is 9.97 Å². The van der Waals surface area contributed by atoms with Crippen LogP contribution in [0, 0.1) is 0 Å². The standard InChI is InChI=1S/C8H7ClN2O2/c9-7-6(8(12)13)11-5(3-10-7)4-1-2-4/h3-4H,1-2H2,(H,12,13). The number of carboxylic acid groups (broad SMARTS) is 1. The summed E-state index contributed by atoms with van der Waals surface area (Å²) in [7, 11) is 0. The number of carbonyl (C=O) groups is 1. The van der Waals surface area contributed by atoms with E-state index in [1.54, 1.807) is 6.20 Å². The van der Waals surface area contributed by atoms with E-state index < -0.39 is 5.97 Å². The van der Waals surface area contributed by atoms with Crippen molar-refractivity contribution in [2.75, 3.05) is 0 Å². The molecular formula is C8H7ClN2O2. The molecule has 68 valence electrons. The van der Waals surface area contributed by atoms with Crippen molar-refractivity contribution in [3.8, 4) is 0 Å². The number of hydrogen-bond donors (Lipinski definition) is 1. The van der Waals surface area contributed by atoms with Crippen LogP contribution in [0.2, 0.25) is 5.15 Å². The van der Waals surface area contributed by atoms with Crippen molar-refractivity contribution in [2.45, 2.75) is 18.8 Å². The molecule has 0 spiro atoms. The first kappa shape index (κ1) is 8.44. The Hall–Kier alpha value is -1.16. The van der Waals surface area contributed by atoms with Gasteiger partial charge in [-0.25, -0.2) is 14.8 Å². The highest BCUT2D eigenvalue weighted by Gasteiger charge is 2.27. The zero-order chi connectivity index (χ0) is 9.42. The summed E-state index contributed by atoms with van der Waals surface area (Å²) in [5.41, 5.74) is 0.591. The normalized spacial score (nSPS) is 15.8. The highest BCUT2D eigenvalue weighted by molar-refractivity contribution is 6.31. The zero-order valence-electron chi connectivity index (χ0n) is 6.70. The van der Waals surface area contributed by atoms with E-state index in [-0.39, 0.29) is 10.8 Å². The molecule has 4 nitrogen and oxygen atoms in total. The van der Waals surface area contributed by atoms with Crippen LogP contribution < -0.4 is 0 Å². The van der Waals surface area contributed by atoms with Gasteiger partial charge in [0.05, 0.1) is 11.9 Å². The molecule has 0 atom stereocenters. The maximum absolute atomic E-state index is 10.6. The zero-order valence-corrected chi connectivity index (χ0v) is 7.45. The average Bonchev–Trinajstić information content (AvgIpc) is 2.87. The van der Waals surface area contributed by atoms with Gasteiger partial charge < -0.3 is 5.11 Å². The molecule has 13 heavy (non-hydrogen) atoms. The third kappa shape index (κ3) is 1.62. The van der Waals surface area contributed by atoms with E-state index in [0.717, 1.165) is 18.5 Å². The topological polar surface area (TPSA) is 63.1 Å². The largest absolute Gasteiger partial charge is 0.476 e. The number of rotatable bonds is 2. The molecule has 0 radical (unpaired) electrons. The van der Waals surface area contributed by atoms with Crippen molar-refractivity contribution in [1.29, 1.82) is 0 Å². The minimum atomic E-state index is -1.12. The molecule has 1 N–H and O–H groups in total. The van der Waals surface area contributed by atoms with Crippen molar-refractivity contribution in [3.05, 3.63) is 22.7 Å². The van der Waals surface area contributed by atoms with E-state index in [0.29, 0.717) is 5.92 Å². The molecule has 0 aliphatic heterocycles. The Kier molecular flexibility index (Phi) is 1.92. The maximum Gasteiger partial charge on any atom is 0.357 e. The van der Waals surface area contributed by atoms with Gasteiger partial charge in [-0.3, -0.25) is 0 Å². The van der Waals surface area contributed by atoms with Crippen molar-refractivity contribution in [1.82, 2.24) is 9.97 Å². The molecule has 0 aromatic carbocycles. The predicted octanol–water partition coefficient (Wildman–Crippen LogP) is 1.71. The minimum Gasteiger partial charge on any atom is -0.476 e. The number of hydrogen-bond acceptors (Lipinski definition) is 3. The first-order chi connectivity index (χ1) is 6.18. The van der Waals surface area contributed by atoms with Crippen LogP contribution in [0.15, 0.2) is 6.20 Å². The van der Waals surface area contributed by atoms with Gasteiger partial charge in [0.25, 0.3) is 0 Å². The number of halogens is 1. The molecule has 1 aromatic heterocycles. The minimum absolute atomic E-state index is 0.0445. The van der Waals surface area contributed by atoms with Crippen LogP contribution in [0.4, 0.5) is 0 Å². The fourth-order valence-corrected chi connectivity index (χ4v) is 1.27. The van der Waals surface area contributed by atoms with E-state index >= 15 is 0 Å². The molecule has 0 saturated heterocycles. The van der Waals surface area contributed by atoms with Crippen LogP contribution >= 0.6 is 11.6 Å². The molecule has 0 unspecified atom stereocenters. The Labute approximate surface area is 79.6 Å². The molecule has 1 aliphatic rings. The van der Waals surface area contributed by atoms with Gasteiger partial charge in [-0.15, -0.1) is 0 Å². The molecule has 1 aliphatic carbocycles. The van der Waals surface area contributed by atoms with Crippen molar-refractivity contribution < 1.29 is 9.90 Å². The summed E-state index contributed by atoms with van der Waals surface area (Å²) >= 11 is 5.56. The van der Waals surface area contributed by atoms with Gasteiger partial charge in [0, 0.05) is 5.92 Å². The Morgan fingerprint density at radius 3 is 2.85 bits per heavy atom. The smallest absolute Gasteiger partial charge is 0.357 e. The predicted molar refractivity (Wildman–Crippen MR) is 46.0 cm³/mol. The summed E-state index contributed by atoms with van der Waals surface area (Å²) in [4.78, 5) is 18.4. The van der Waals surface area contributed by atoms with Crippen LogP contribution in [-0.4, -0.2) is 21.0 Å². The lowest BCUT2D eigenvalue weighted by Crippen LogP contribution is -2.05. The quantitative estimate of drug-likeness (QED) is 0.786. The Bertz CT molecular complexity index is 363. The molecule has 1 aromatic rings. The summed E-state index contributed by atoms with van der Waals surface area (Å²) in [5.74, 6) is -0.733. The molecule has 1 heterocycles. The lowest BCUT2D eigenvalue weighted by molar-refractivity contribution is 0.0690. The average molecular weight is 199 g/mol. The maximum atomic E-state index is 10.6. The van der Waals surface area contributed by atoms with Gasteiger partial charge in [0.15, 0.2) is 10.8 Å². The summed E-state index contributed by atoms with van der Waals surface area (Å²) < 4.78 is 0. The van der Waals surface area contributed by atoms with Gasteiger partial charge >= 0.3 is 5.97 Å². The highest BCUT2D eigenvalue weighted by Crippen LogP contribution is 2.38. The summed E-state index contributed by atoms with van der Waals surface area (Å²) in [6.07, 6.45) is 3.68. The van der Waals surface area contributed by atoms with E-state index in [4.69, 9.17) is 16.7 Å². The number of carboxylic acids is 1. The molecule has 1 fully saturated rings. The van der Waals surface area contributed by atoms with E-state index in [9.17, 15) is 4.79 Å². The molecular weight excluding hydrogens is 192 g/mol. The molecule has 0 amide bonds. The van der Waals surface area contributed by atoms with Crippen LogP contribution in [0.3, 0.4) is 0 Å². The Balaban J connectivity index is 2.41. The van der Waals surface area contributed by atoms with Crippen LogP contribution in [0.1, 0.15) is 34.9 Å². The lowest BCUT2D eigenvalue weighted by Gasteiger charge is -1.99.